The average Bonchev–Trinajstić information content (AvgIpc) is 3.27. The number of amides is 3. The highest BCUT2D eigenvalue weighted by Gasteiger charge is 2.37. The van der Waals surface area contributed by atoms with Crippen LogP contribution in [0.15, 0.2) is 17.0 Å². The molecule has 1 aromatic rings. The van der Waals surface area contributed by atoms with Gasteiger partial charge in [0.05, 0.1) is 25.2 Å². The first kappa shape index (κ1) is 18.6. The fourth-order valence-corrected chi connectivity index (χ4v) is 3.88. The van der Waals surface area contributed by atoms with Gasteiger partial charge in [-0.05, 0) is 23.9 Å². The van der Waals surface area contributed by atoms with Gasteiger partial charge in [-0.15, -0.1) is 0 Å². The molecule has 9 nitrogen and oxygen atoms in total. The van der Waals surface area contributed by atoms with E-state index in [4.69, 9.17) is 18.9 Å². The van der Waals surface area contributed by atoms with E-state index in [0.717, 1.165) is 16.7 Å². The summed E-state index contributed by atoms with van der Waals surface area (Å²) >= 11 is 0.793. The minimum Gasteiger partial charge on any atom is -0.496 e. The second-order valence-corrected chi connectivity index (χ2v) is 7.20. The Labute approximate surface area is 165 Å². The number of imide groups is 1. The number of carbonyl (C=O) groups excluding carboxylic acids is 3. The van der Waals surface area contributed by atoms with E-state index in [1.807, 2.05) is 0 Å². The summed E-state index contributed by atoms with van der Waals surface area (Å²) in [5.41, 5.74) is 0.580. The summed E-state index contributed by atoms with van der Waals surface area (Å²) in [7, 11) is 1.50. The molecule has 2 fully saturated rings. The maximum absolute atomic E-state index is 12.7. The molecular formula is C18H18N2O7S. The molecule has 0 N–H and O–H groups in total. The lowest BCUT2D eigenvalue weighted by atomic mass is 10.1. The minimum atomic E-state index is -0.503. The van der Waals surface area contributed by atoms with Crippen LogP contribution in [0.25, 0.3) is 6.08 Å². The summed E-state index contributed by atoms with van der Waals surface area (Å²) in [5, 5.41) is -0.474. The van der Waals surface area contributed by atoms with Crippen molar-refractivity contribution >= 4 is 34.9 Å². The Morgan fingerprint density at radius 2 is 1.93 bits per heavy atom. The number of nitrogens with zero attached hydrogens (tertiary/aromatic N) is 2. The third kappa shape index (κ3) is 3.52. The van der Waals surface area contributed by atoms with Gasteiger partial charge in [-0.3, -0.25) is 19.3 Å². The fraction of sp³-hybridized carbons (Fsp3) is 0.389. The number of methoxy groups -OCH3 is 1. The van der Waals surface area contributed by atoms with Gasteiger partial charge < -0.3 is 23.8 Å². The van der Waals surface area contributed by atoms with Crippen LogP contribution in [0.5, 0.6) is 17.2 Å². The third-order valence-electron chi connectivity index (χ3n) is 4.54. The van der Waals surface area contributed by atoms with E-state index in [2.05, 4.69) is 0 Å². The van der Waals surface area contributed by atoms with Gasteiger partial charge in [-0.1, -0.05) is 0 Å². The molecule has 1 aromatic carbocycles. The average molecular weight is 406 g/mol. The zero-order chi connectivity index (χ0) is 19.7. The quantitative estimate of drug-likeness (QED) is 0.691. The van der Waals surface area contributed by atoms with Crippen molar-refractivity contribution in [3.05, 3.63) is 22.6 Å². The van der Waals surface area contributed by atoms with Crippen molar-refractivity contribution in [2.24, 2.45) is 0 Å². The van der Waals surface area contributed by atoms with Crippen molar-refractivity contribution in [3.8, 4) is 17.2 Å². The number of ether oxygens (including phenoxy) is 4. The Bertz CT molecular complexity index is 864. The number of benzene rings is 1. The smallest absolute Gasteiger partial charge is 0.294 e. The van der Waals surface area contributed by atoms with E-state index in [0.29, 0.717) is 49.1 Å². The highest BCUT2D eigenvalue weighted by Crippen LogP contribution is 2.40. The largest absolute Gasteiger partial charge is 0.496 e. The normalized spacial score (nSPS) is 20.2. The number of hydrogen-bond acceptors (Lipinski definition) is 8. The standard InChI is InChI=1S/C18H18N2O7S/c1-24-12-8-14-13(26-10-27-14)6-11(12)7-15-17(22)20(18(23)28-15)9-16(21)19-2-4-25-5-3-19/h6-8H,2-5,9-10H2,1H3/b15-7+. The molecule has 0 bridgehead atoms. The van der Waals surface area contributed by atoms with Crippen LogP contribution in [-0.4, -0.2) is 73.6 Å². The monoisotopic (exact) mass is 406 g/mol. The molecular weight excluding hydrogens is 388 g/mol. The van der Waals surface area contributed by atoms with Gasteiger partial charge in [0, 0.05) is 24.7 Å². The summed E-state index contributed by atoms with van der Waals surface area (Å²) in [6.07, 6.45) is 1.56. The minimum absolute atomic E-state index is 0.113. The number of morpholine rings is 1. The van der Waals surface area contributed by atoms with E-state index in [9.17, 15) is 14.4 Å². The molecule has 3 heterocycles. The molecule has 10 heteroatoms. The summed E-state index contributed by atoms with van der Waals surface area (Å²) < 4.78 is 21.2. The van der Waals surface area contributed by atoms with Gasteiger partial charge in [0.25, 0.3) is 11.1 Å². The number of hydrogen-bond donors (Lipinski definition) is 0. The van der Waals surface area contributed by atoms with E-state index in [-0.39, 0.29) is 24.2 Å². The van der Waals surface area contributed by atoms with Crippen molar-refractivity contribution in [3.63, 3.8) is 0 Å². The maximum atomic E-state index is 12.7. The van der Waals surface area contributed by atoms with Crippen LogP contribution in [0.1, 0.15) is 5.56 Å². The first-order chi connectivity index (χ1) is 13.6. The molecule has 0 aliphatic carbocycles. The van der Waals surface area contributed by atoms with Crippen molar-refractivity contribution < 1.29 is 33.3 Å². The van der Waals surface area contributed by atoms with Gasteiger partial charge in [-0.2, -0.15) is 0 Å². The summed E-state index contributed by atoms with van der Waals surface area (Å²) in [5.74, 6) is 0.802. The lowest BCUT2D eigenvalue weighted by molar-refractivity contribution is -0.139. The van der Waals surface area contributed by atoms with E-state index >= 15 is 0 Å². The molecule has 3 aliphatic heterocycles. The maximum Gasteiger partial charge on any atom is 0.294 e. The van der Waals surface area contributed by atoms with E-state index < -0.39 is 11.1 Å². The summed E-state index contributed by atoms with van der Waals surface area (Å²) in [4.78, 5) is 40.2. The first-order valence-corrected chi connectivity index (χ1v) is 9.47. The van der Waals surface area contributed by atoms with Crippen molar-refractivity contribution in [1.82, 2.24) is 9.80 Å². The van der Waals surface area contributed by atoms with Gasteiger partial charge in [-0.25, -0.2) is 0 Å². The van der Waals surface area contributed by atoms with Gasteiger partial charge in [0.2, 0.25) is 12.7 Å². The van der Waals surface area contributed by atoms with Crippen LogP contribution in [0.4, 0.5) is 4.79 Å². The zero-order valence-corrected chi connectivity index (χ0v) is 16.0. The van der Waals surface area contributed by atoms with Crippen LogP contribution in [-0.2, 0) is 14.3 Å². The molecule has 28 heavy (non-hydrogen) atoms. The number of carbonyl (C=O) groups is 3. The Kier molecular flexibility index (Phi) is 5.14. The third-order valence-corrected chi connectivity index (χ3v) is 5.45. The fourth-order valence-electron chi connectivity index (χ4n) is 3.05. The predicted octanol–water partition coefficient (Wildman–Crippen LogP) is 1.32. The molecule has 0 radical (unpaired) electrons. The van der Waals surface area contributed by atoms with E-state index in [1.54, 1.807) is 23.1 Å². The molecule has 0 atom stereocenters. The molecule has 0 spiro atoms. The predicted molar refractivity (Wildman–Crippen MR) is 99.2 cm³/mol. The Morgan fingerprint density at radius 1 is 1.21 bits per heavy atom. The number of thioether (sulfide) groups is 1. The molecule has 3 aliphatic rings. The van der Waals surface area contributed by atoms with Crippen molar-refractivity contribution in [1.29, 1.82) is 0 Å². The lowest BCUT2D eigenvalue weighted by Crippen LogP contribution is -2.46. The van der Waals surface area contributed by atoms with Crippen LogP contribution < -0.4 is 14.2 Å². The van der Waals surface area contributed by atoms with Crippen LogP contribution in [0.2, 0.25) is 0 Å². The zero-order valence-electron chi connectivity index (χ0n) is 15.1. The van der Waals surface area contributed by atoms with E-state index in [1.165, 1.54) is 7.11 Å². The molecule has 0 saturated carbocycles. The SMILES string of the molecule is COc1cc2c(cc1/C=C1/SC(=O)N(CC(=O)N3CCOCC3)C1=O)OCO2. The Morgan fingerprint density at radius 3 is 2.64 bits per heavy atom. The molecule has 3 amide bonds. The van der Waals surface area contributed by atoms with Gasteiger partial charge in [0.1, 0.15) is 12.3 Å². The molecule has 0 unspecified atom stereocenters. The number of fused-ring (bicyclic) bond motifs is 1. The van der Waals surface area contributed by atoms with Crippen LogP contribution in [0.3, 0.4) is 0 Å². The topological polar surface area (TPSA) is 94.6 Å². The highest BCUT2D eigenvalue weighted by atomic mass is 32.2. The lowest BCUT2D eigenvalue weighted by Gasteiger charge is -2.28. The summed E-state index contributed by atoms with van der Waals surface area (Å²) in [6, 6.07) is 3.36. The molecule has 2 saturated heterocycles. The summed E-state index contributed by atoms with van der Waals surface area (Å²) in [6.45, 7) is 1.66. The van der Waals surface area contributed by atoms with Crippen molar-refractivity contribution in [2.45, 2.75) is 0 Å². The number of rotatable bonds is 4. The highest BCUT2D eigenvalue weighted by molar-refractivity contribution is 8.18. The second kappa shape index (κ2) is 7.72. The second-order valence-electron chi connectivity index (χ2n) is 6.21. The molecule has 4 rings (SSSR count). The molecule has 0 aromatic heterocycles. The van der Waals surface area contributed by atoms with Crippen LogP contribution in [0, 0.1) is 0 Å². The molecule has 148 valence electrons. The Hall–Kier alpha value is -2.72. The van der Waals surface area contributed by atoms with Gasteiger partial charge >= 0.3 is 0 Å². The van der Waals surface area contributed by atoms with Crippen molar-refractivity contribution in [2.75, 3.05) is 46.8 Å². The first-order valence-electron chi connectivity index (χ1n) is 8.65. The Balaban J connectivity index is 1.53. The van der Waals surface area contributed by atoms with Gasteiger partial charge in [0.15, 0.2) is 11.5 Å². The van der Waals surface area contributed by atoms with Crippen LogP contribution >= 0.6 is 11.8 Å².